The molecule has 0 saturated heterocycles. The van der Waals surface area contributed by atoms with Crippen molar-refractivity contribution in [3.8, 4) is 17.1 Å². The van der Waals surface area contributed by atoms with Crippen LogP contribution in [0.1, 0.15) is 10.6 Å². The number of nitrogens with zero attached hydrogens (tertiary/aromatic N) is 4. The van der Waals surface area contributed by atoms with Crippen LogP contribution in [-0.4, -0.2) is 19.8 Å². The van der Waals surface area contributed by atoms with Gasteiger partial charge in [0.05, 0.1) is 6.26 Å². The summed E-state index contributed by atoms with van der Waals surface area (Å²) in [5, 5.41) is 14.1. The molecule has 0 unspecified atom stereocenters. The molecule has 5 rings (SSSR count). The third-order valence-corrected chi connectivity index (χ3v) is 4.89. The molecule has 120 valence electrons. The molecule has 0 bridgehead atoms. The molecule has 0 atom stereocenters. The molecule has 4 aromatic rings. The van der Waals surface area contributed by atoms with Crippen molar-refractivity contribution in [1.29, 1.82) is 0 Å². The van der Waals surface area contributed by atoms with E-state index in [2.05, 4.69) is 16.3 Å². The molecule has 0 N–H and O–H groups in total. The van der Waals surface area contributed by atoms with Gasteiger partial charge in [-0.1, -0.05) is 59.9 Å². The van der Waals surface area contributed by atoms with Crippen LogP contribution in [0, 0.1) is 0 Å². The maximum atomic E-state index is 5.66. The number of rotatable bonds is 2. The van der Waals surface area contributed by atoms with Crippen molar-refractivity contribution in [2.24, 2.45) is 0 Å². The van der Waals surface area contributed by atoms with Crippen molar-refractivity contribution in [2.45, 2.75) is 0 Å². The fourth-order valence-electron chi connectivity index (χ4n) is 2.74. The molecule has 5 nitrogen and oxygen atoms in total. The smallest absolute Gasteiger partial charge is 0.235 e. The summed E-state index contributed by atoms with van der Waals surface area (Å²) in [5.74, 6) is 1.58. The lowest BCUT2D eigenvalue weighted by Crippen LogP contribution is -1.91. The molecule has 6 heteroatoms. The SMILES string of the molecule is C1=CC(c2nn3c(-c4ccccc4)nnc3s2)=Cc2ccccc2O1. The molecule has 1 aliphatic rings. The van der Waals surface area contributed by atoms with Gasteiger partial charge in [-0.3, -0.25) is 0 Å². The van der Waals surface area contributed by atoms with E-state index in [4.69, 9.17) is 9.84 Å². The predicted octanol–water partition coefficient (Wildman–Crippen LogP) is 4.30. The van der Waals surface area contributed by atoms with Gasteiger partial charge in [0.2, 0.25) is 4.96 Å². The van der Waals surface area contributed by atoms with Crippen LogP contribution < -0.4 is 4.74 Å². The van der Waals surface area contributed by atoms with Crippen molar-refractivity contribution < 1.29 is 4.74 Å². The van der Waals surface area contributed by atoms with Crippen LogP contribution in [0.3, 0.4) is 0 Å². The monoisotopic (exact) mass is 344 g/mol. The molecule has 0 amide bonds. The predicted molar refractivity (Wildman–Crippen MR) is 98.2 cm³/mol. The lowest BCUT2D eigenvalue weighted by Gasteiger charge is -2.01. The summed E-state index contributed by atoms with van der Waals surface area (Å²) in [5.41, 5.74) is 3.00. The van der Waals surface area contributed by atoms with Crippen LogP contribution in [0.15, 0.2) is 66.9 Å². The van der Waals surface area contributed by atoms with Crippen LogP contribution in [-0.2, 0) is 0 Å². The second-order valence-electron chi connectivity index (χ2n) is 5.55. The molecular formula is C19H12N4OS. The van der Waals surface area contributed by atoms with E-state index in [1.807, 2.05) is 60.7 Å². The zero-order valence-electron chi connectivity index (χ0n) is 13.0. The third-order valence-electron chi connectivity index (χ3n) is 3.94. The van der Waals surface area contributed by atoms with Gasteiger partial charge in [-0.05, 0) is 18.2 Å². The molecule has 3 heterocycles. The number of para-hydroxylation sites is 1. The van der Waals surface area contributed by atoms with Crippen LogP contribution in [0.2, 0.25) is 0 Å². The quantitative estimate of drug-likeness (QED) is 0.544. The second kappa shape index (κ2) is 5.68. The average Bonchev–Trinajstić information content (AvgIpc) is 3.16. The van der Waals surface area contributed by atoms with Crippen molar-refractivity contribution in [3.63, 3.8) is 0 Å². The molecule has 25 heavy (non-hydrogen) atoms. The summed E-state index contributed by atoms with van der Waals surface area (Å²) in [7, 11) is 0. The van der Waals surface area contributed by atoms with Gasteiger partial charge in [0, 0.05) is 16.7 Å². The second-order valence-corrected chi connectivity index (χ2v) is 6.51. The Morgan fingerprint density at radius 1 is 0.920 bits per heavy atom. The minimum Gasteiger partial charge on any atom is -0.464 e. The van der Waals surface area contributed by atoms with E-state index in [9.17, 15) is 0 Å². The number of fused-ring (bicyclic) bond motifs is 2. The topological polar surface area (TPSA) is 52.3 Å². The Kier molecular flexibility index (Phi) is 3.21. The van der Waals surface area contributed by atoms with Crippen LogP contribution in [0.25, 0.3) is 28.0 Å². The van der Waals surface area contributed by atoms with E-state index < -0.39 is 0 Å². The van der Waals surface area contributed by atoms with E-state index in [0.29, 0.717) is 0 Å². The van der Waals surface area contributed by atoms with E-state index >= 15 is 0 Å². The van der Waals surface area contributed by atoms with Crippen LogP contribution in [0.5, 0.6) is 5.75 Å². The van der Waals surface area contributed by atoms with Gasteiger partial charge in [-0.15, -0.1) is 10.2 Å². The lowest BCUT2D eigenvalue weighted by atomic mass is 10.1. The number of benzene rings is 2. The fraction of sp³-hybridized carbons (Fsp3) is 0. The van der Waals surface area contributed by atoms with Crippen molar-refractivity contribution in [3.05, 3.63) is 77.5 Å². The van der Waals surface area contributed by atoms with Crippen LogP contribution in [0.4, 0.5) is 0 Å². The molecule has 0 radical (unpaired) electrons. The van der Waals surface area contributed by atoms with Gasteiger partial charge in [0.1, 0.15) is 10.8 Å². The number of allylic oxidation sites excluding steroid dienone is 2. The Labute approximate surface area is 147 Å². The number of aromatic nitrogens is 4. The highest BCUT2D eigenvalue weighted by Gasteiger charge is 2.16. The Hall–Kier alpha value is -3.25. The molecule has 0 saturated carbocycles. The first-order valence-corrected chi connectivity index (χ1v) is 8.62. The van der Waals surface area contributed by atoms with E-state index in [0.717, 1.165) is 38.2 Å². The Balaban J connectivity index is 1.63. The van der Waals surface area contributed by atoms with Gasteiger partial charge in [0.25, 0.3) is 0 Å². The fourth-order valence-corrected chi connectivity index (χ4v) is 3.57. The third kappa shape index (κ3) is 2.43. The summed E-state index contributed by atoms with van der Waals surface area (Å²) in [4.78, 5) is 0.765. The lowest BCUT2D eigenvalue weighted by molar-refractivity contribution is 0.481. The van der Waals surface area contributed by atoms with Crippen molar-refractivity contribution in [2.75, 3.05) is 0 Å². The summed E-state index contributed by atoms with van der Waals surface area (Å²) in [6, 6.07) is 17.9. The van der Waals surface area contributed by atoms with Gasteiger partial charge >= 0.3 is 0 Å². The highest BCUT2D eigenvalue weighted by molar-refractivity contribution is 7.17. The number of ether oxygens (including phenoxy) is 1. The Bertz CT molecular complexity index is 1120. The highest BCUT2D eigenvalue weighted by Crippen LogP contribution is 2.31. The van der Waals surface area contributed by atoms with Crippen LogP contribution >= 0.6 is 11.3 Å². The number of hydrogen-bond donors (Lipinski definition) is 0. The summed E-state index contributed by atoms with van der Waals surface area (Å²) >= 11 is 1.51. The molecule has 0 fully saturated rings. The zero-order valence-corrected chi connectivity index (χ0v) is 13.9. The molecule has 1 aliphatic heterocycles. The average molecular weight is 344 g/mol. The Morgan fingerprint density at radius 2 is 1.76 bits per heavy atom. The highest BCUT2D eigenvalue weighted by atomic mass is 32.1. The van der Waals surface area contributed by atoms with Crippen molar-refractivity contribution >= 4 is 27.9 Å². The maximum absolute atomic E-state index is 5.66. The molecule has 0 aliphatic carbocycles. The normalized spacial score (nSPS) is 13.2. The first-order valence-electron chi connectivity index (χ1n) is 7.80. The van der Waals surface area contributed by atoms with Crippen molar-refractivity contribution in [1.82, 2.24) is 19.8 Å². The molecule has 2 aromatic heterocycles. The minimum atomic E-state index is 0.743. The Morgan fingerprint density at radius 3 is 2.68 bits per heavy atom. The molecular weight excluding hydrogens is 332 g/mol. The first kappa shape index (κ1) is 14.1. The summed E-state index contributed by atoms with van der Waals surface area (Å²) in [6.45, 7) is 0. The summed E-state index contributed by atoms with van der Waals surface area (Å²) in [6.07, 6.45) is 5.69. The van der Waals surface area contributed by atoms with E-state index in [-0.39, 0.29) is 0 Å². The van der Waals surface area contributed by atoms with Gasteiger partial charge in [0.15, 0.2) is 5.82 Å². The molecule has 0 spiro atoms. The van der Waals surface area contributed by atoms with E-state index in [1.165, 1.54) is 11.3 Å². The van der Waals surface area contributed by atoms with Gasteiger partial charge in [-0.25, -0.2) is 0 Å². The summed E-state index contributed by atoms with van der Waals surface area (Å²) < 4.78 is 7.45. The van der Waals surface area contributed by atoms with E-state index in [1.54, 1.807) is 10.8 Å². The standard InChI is InChI=1S/C19H12N4OS/c1-2-6-13(7-3-1)17-20-21-19-23(17)22-18(25-19)15-10-11-24-16-9-5-4-8-14(16)12-15/h1-12H. The zero-order chi connectivity index (χ0) is 16.6. The first-order chi connectivity index (χ1) is 12.4. The van der Waals surface area contributed by atoms with Gasteiger partial charge < -0.3 is 4.74 Å². The maximum Gasteiger partial charge on any atom is 0.235 e. The minimum absolute atomic E-state index is 0.743. The largest absolute Gasteiger partial charge is 0.464 e. The van der Waals surface area contributed by atoms with Gasteiger partial charge in [-0.2, -0.15) is 9.61 Å². The number of hydrogen-bond acceptors (Lipinski definition) is 5. The molecule has 2 aromatic carbocycles.